The highest BCUT2D eigenvalue weighted by Gasteiger charge is 2.43. The number of nitrogens with one attached hydrogen (secondary N) is 1. The van der Waals surface area contributed by atoms with Crippen LogP contribution in [0.5, 0.6) is 0 Å². The molecule has 4 rings (SSSR count). The number of hydrogen-bond acceptors (Lipinski definition) is 5. The van der Waals surface area contributed by atoms with E-state index in [1.807, 2.05) is 28.8 Å². The van der Waals surface area contributed by atoms with Gasteiger partial charge in [-0.25, -0.2) is 4.98 Å². The quantitative estimate of drug-likeness (QED) is 0.578. The van der Waals surface area contributed by atoms with Crippen molar-refractivity contribution in [1.29, 1.82) is 5.26 Å². The molecule has 2 fully saturated rings. The third-order valence-electron chi connectivity index (χ3n) is 6.07. The van der Waals surface area contributed by atoms with Crippen LogP contribution in [0, 0.1) is 17.2 Å². The van der Waals surface area contributed by atoms with Gasteiger partial charge in [0.2, 0.25) is 5.91 Å². The molecule has 1 atom stereocenters. The van der Waals surface area contributed by atoms with Gasteiger partial charge in [-0.15, -0.1) is 0 Å². The van der Waals surface area contributed by atoms with E-state index in [1.54, 1.807) is 6.92 Å². The van der Waals surface area contributed by atoms with Crippen molar-refractivity contribution in [2.24, 2.45) is 5.92 Å². The van der Waals surface area contributed by atoms with Gasteiger partial charge >= 0.3 is 0 Å². The van der Waals surface area contributed by atoms with Crippen LogP contribution >= 0.6 is 11.8 Å². The van der Waals surface area contributed by atoms with E-state index in [-0.39, 0.29) is 29.2 Å². The summed E-state index contributed by atoms with van der Waals surface area (Å²) in [5.41, 5.74) is -0.171. The van der Waals surface area contributed by atoms with E-state index in [0.29, 0.717) is 16.1 Å². The van der Waals surface area contributed by atoms with Crippen molar-refractivity contribution >= 4 is 28.6 Å². The summed E-state index contributed by atoms with van der Waals surface area (Å²) in [6.45, 7) is 1.79. The van der Waals surface area contributed by atoms with Crippen LogP contribution in [0.3, 0.4) is 0 Å². The molecule has 29 heavy (non-hydrogen) atoms. The molecule has 1 aromatic heterocycles. The number of thioether (sulfide) groups is 1. The number of nitriles is 1. The van der Waals surface area contributed by atoms with E-state index in [2.05, 4.69) is 11.4 Å². The molecule has 0 unspecified atom stereocenters. The molecule has 1 aromatic carbocycles. The second-order valence-electron chi connectivity index (χ2n) is 8.30. The first kappa shape index (κ1) is 20.0. The van der Waals surface area contributed by atoms with Gasteiger partial charge in [0.15, 0.2) is 5.16 Å². The highest BCUT2D eigenvalue weighted by molar-refractivity contribution is 7.99. The zero-order chi connectivity index (χ0) is 20.4. The maximum atomic E-state index is 13.2. The fourth-order valence-corrected chi connectivity index (χ4v) is 5.09. The topological polar surface area (TPSA) is 87.8 Å². The Morgan fingerprint density at radius 1 is 1.28 bits per heavy atom. The number of carbonyl (C=O) groups is 1. The Balaban J connectivity index is 1.59. The number of amides is 1. The van der Waals surface area contributed by atoms with E-state index >= 15 is 0 Å². The Bertz CT molecular complexity index is 1020. The standard InChI is InChI=1S/C22H26N4O2S/c1-22(14-23,15-11-12-15)25-19(27)13-29-21-24-18-10-6-5-9-17(18)20(28)26(21)16-7-3-2-4-8-16/h5-6,9-10,15-16H,2-4,7-8,11-13H2,1H3,(H,25,27)/t22-/m1/s1. The van der Waals surface area contributed by atoms with Crippen molar-refractivity contribution < 1.29 is 4.79 Å². The first-order chi connectivity index (χ1) is 14.0. The van der Waals surface area contributed by atoms with Gasteiger partial charge in [0.25, 0.3) is 5.56 Å². The molecule has 2 saturated carbocycles. The second kappa shape index (κ2) is 8.19. The van der Waals surface area contributed by atoms with Crippen LogP contribution < -0.4 is 10.9 Å². The molecule has 1 heterocycles. The zero-order valence-corrected chi connectivity index (χ0v) is 17.5. The minimum atomic E-state index is -0.808. The second-order valence-corrected chi connectivity index (χ2v) is 9.25. The monoisotopic (exact) mass is 410 g/mol. The van der Waals surface area contributed by atoms with Gasteiger partial charge in [-0.1, -0.05) is 43.2 Å². The highest BCUT2D eigenvalue weighted by Crippen LogP contribution is 2.39. The third kappa shape index (κ3) is 4.18. The summed E-state index contributed by atoms with van der Waals surface area (Å²) >= 11 is 1.29. The molecule has 0 bridgehead atoms. The third-order valence-corrected chi connectivity index (χ3v) is 7.03. The molecule has 0 spiro atoms. The number of fused-ring (bicyclic) bond motifs is 1. The lowest BCUT2D eigenvalue weighted by Gasteiger charge is -2.26. The summed E-state index contributed by atoms with van der Waals surface area (Å²) in [6, 6.07) is 9.77. The molecular weight excluding hydrogens is 384 g/mol. The van der Waals surface area contributed by atoms with Crippen molar-refractivity contribution in [2.45, 2.75) is 68.6 Å². The molecule has 152 valence electrons. The van der Waals surface area contributed by atoms with Crippen molar-refractivity contribution in [3.8, 4) is 6.07 Å². The maximum absolute atomic E-state index is 13.2. The summed E-state index contributed by atoms with van der Waals surface area (Å²) in [4.78, 5) is 30.5. The van der Waals surface area contributed by atoms with Crippen LogP contribution in [-0.2, 0) is 4.79 Å². The van der Waals surface area contributed by atoms with Crippen LogP contribution in [0.15, 0.2) is 34.2 Å². The molecule has 6 nitrogen and oxygen atoms in total. The fourth-order valence-electron chi connectivity index (χ4n) is 4.23. The number of hydrogen-bond donors (Lipinski definition) is 1. The van der Waals surface area contributed by atoms with Crippen LogP contribution in [0.25, 0.3) is 10.9 Å². The van der Waals surface area contributed by atoms with Gasteiger partial charge in [-0.3, -0.25) is 14.2 Å². The molecule has 2 aliphatic rings. The number of carbonyl (C=O) groups excluding carboxylic acids is 1. The number of para-hydroxylation sites is 1. The molecule has 0 saturated heterocycles. The number of aromatic nitrogens is 2. The Kier molecular flexibility index (Phi) is 5.64. The van der Waals surface area contributed by atoms with Crippen molar-refractivity contribution in [3.05, 3.63) is 34.6 Å². The SMILES string of the molecule is C[C@](C#N)(NC(=O)CSc1nc2ccccc2c(=O)n1C1CCCCC1)C1CC1. The van der Waals surface area contributed by atoms with Gasteiger partial charge in [0.05, 0.1) is 22.7 Å². The smallest absolute Gasteiger partial charge is 0.262 e. The lowest BCUT2D eigenvalue weighted by atomic mass is 9.95. The van der Waals surface area contributed by atoms with Crippen LogP contribution in [0.1, 0.15) is 57.9 Å². The number of benzene rings is 1. The van der Waals surface area contributed by atoms with Gasteiger partial charge in [0, 0.05) is 6.04 Å². The largest absolute Gasteiger partial charge is 0.337 e. The average molecular weight is 411 g/mol. The van der Waals surface area contributed by atoms with Gasteiger partial charge < -0.3 is 5.32 Å². The summed E-state index contributed by atoms with van der Waals surface area (Å²) in [6.07, 6.45) is 7.30. The van der Waals surface area contributed by atoms with E-state index < -0.39 is 5.54 Å². The molecule has 0 radical (unpaired) electrons. The normalized spacial score (nSPS) is 19.4. The predicted octanol–water partition coefficient (Wildman–Crippen LogP) is 3.80. The van der Waals surface area contributed by atoms with Crippen molar-refractivity contribution in [2.75, 3.05) is 5.75 Å². The molecule has 2 aliphatic carbocycles. The minimum Gasteiger partial charge on any atom is -0.337 e. The Labute approximate surface area is 174 Å². The summed E-state index contributed by atoms with van der Waals surface area (Å²) < 4.78 is 1.81. The van der Waals surface area contributed by atoms with Crippen LogP contribution in [-0.4, -0.2) is 26.8 Å². The van der Waals surface area contributed by atoms with E-state index in [9.17, 15) is 14.9 Å². The van der Waals surface area contributed by atoms with Gasteiger partial charge in [-0.2, -0.15) is 5.26 Å². The van der Waals surface area contributed by atoms with Crippen LogP contribution in [0.2, 0.25) is 0 Å². The van der Waals surface area contributed by atoms with E-state index in [4.69, 9.17) is 4.98 Å². The molecule has 1 amide bonds. The Morgan fingerprint density at radius 2 is 2.00 bits per heavy atom. The van der Waals surface area contributed by atoms with Gasteiger partial charge in [-0.05, 0) is 50.7 Å². The Hall–Kier alpha value is -2.33. The number of nitrogens with zero attached hydrogens (tertiary/aromatic N) is 3. The molecule has 7 heteroatoms. The zero-order valence-electron chi connectivity index (χ0n) is 16.7. The molecular formula is C22H26N4O2S. The van der Waals surface area contributed by atoms with Gasteiger partial charge in [0.1, 0.15) is 5.54 Å². The first-order valence-electron chi connectivity index (χ1n) is 10.4. The summed E-state index contributed by atoms with van der Waals surface area (Å²) in [5, 5.41) is 13.6. The molecule has 1 N–H and O–H groups in total. The fraction of sp³-hybridized carbons (Fsp3) is 0.545. The molecule has 0 aliphatic heterocycles. The predicted molar refractivity (Wildman–Crippen MR) is 114 cm³/mol. The van der Waals surface area contributed by atoms with Crippen molar-refractivity contribution in [1.82, 2.24) is 14.9 Å². The highest BCUT2D eigenvalue weighted by atomic mass is 32.2. The first-order valence-corrected chi connectivity index (χ1v) is 11.4. The van der Waals surface area contributed by atoms with Crippen LogP contribution in [0.4, 0.5) is 0 Å². The average Bonchev–Trinajstić information content (AvgIpc) is 3.59. The lowest BCUT2D eigenvalue weighted by molar-refractivity contribution is -0.119. The Morgan fingerprint density at radius 3 is 2.69 bits per heavy atom. The molecule has 2 aromatic rings. The van der Waals surface area contributed by atoms with E-state index in [0.717, 1.165) is 38.5 Å². The minimum absolute atomic E-state index is 0.0229. The summed E-state index contributed by atoms with van der Waals surface area (Å²) in [5.74, 6) is 0.186. The van der Waals surface area contributed by atoms with Crippen molar-refractivity contribution in [3.63, 3.8) is 0 Å². The lowest BCUT2D eigenvalue weighted by Crippen LogP contribution is -2.47. The maximum Gasteiger partial charge on any atom is 0.262 e. The van der Waals surface area contributed by atoms with E-state index in [1.165, 1.54) is 18.2 Å². The number of rotatable bonds is 6. The summed E-state index contributed by atoms with van der Waals surface area (Å²) in [7, 11) is 0.